The predicted molar refractivity (Wildman–Crippen MR) is 74.3 cm³/mol. The highest BCUT2D eigenvalue weighted by molar-refractivity contribution is 5.85. The largest absolute Gasteiger partial charge is 0.478 e. The van der Waals surface area contributed by atoms with E-state index in [1.165, 1.54) is 12.1 Å². The SMILES string of the molecule is CCN(Cc1ccc(C=CC(=O)O)cc1F)C(C)C. The van der Waals surface area contributed by atoms with E-state index in [0.717, 1.165) is 12.6 Å². The molecule has 0 saturated heterocycles. The van der Waals surface area contributed by atoms with Gasteiger partial charge >= 0.3 is 5.97 Å². The second-order valence-corrected chi connectivity index (χ2v) is 4.68. The Hall–Kier alpha value is -1.68. The molecular formula is C15H20FNO2. The first kappa shape index (κ1) is 15.4. The van der Waals surface area contributed by atoms with E-state index in [4.69, 9.17) is 5.11 Å². The fourth-order valence-corrected chi connectivity index (χ4v) is 1.84. The molecule has 0 aliphatic rings. The Bertz CT molecular complexity index is 469. The summed E-state index contributed by atoms with van der Waals surface area (Å²) in [6.45, 7) is 7.61. The van der Waals surface area contributed by atoms with Crippen LogP contribution in [0.25, 0.3) is 6.08 Å². The smallest absolute Gasteiger partial charge is 0.328 e. The van der Waals surface area contributed by atoms with Crippen LogP contribution < -0.4 is 0 Å². The number of rotatable bonds is 6. The summed E-state index contributed by atoms with van der Waals surface area (Å²) in [6, 6.07) is 5.16. The van der Waals surface area contributed by atoms with Gasteiger partial charge in [0.1, 0.15) is 5.82 Å². The highest BCUT2D eigenvalue weighted by Crippen LogP contribution is 2.15. The first-order chi connectivity index (χ1) is 8.93. The Labute approximate surface area is 113 Å². The van der Waals surface area contributed by atoms with Crippen LogP contribution in [0.15, 0.2) is 24.3 Å². The number of halogens is 1. The Balaban J connectivity index is 2.85. The molecule has 0 amide bonds. The zero-order valence-electron chi connectivity index (χ0n) is 11.6. The van der Waals surface area contributed by atoms with Gasteiger partial charge in [-0.3, -0.25) is 4.90 Å². The second-order valence-electron chi connectivity index (χ2n) is 4.68. The summed E-state index contributed by atoms with van der Waals surface area (Å²) in [5, 5.41) is 8.52. The maximum Gasteiger partial charge on any atom is 0.328 e. The van der Waals surface area contributed by atoms with E-state index in [9.17, 15) is 9.18 Å². The average molecular weight is 265 g/mol. The lowest BCUT2D eigenvalue weighted by molar-refractivity contribution is -0.131. The fourth-order valence-electron chi connectivity index (χ4n) is 1.84. The van der Waals surface area contributed by atoms with Crippen LogP contribution in [0, 0.1) is 5.82 Å². The third-order valence-electron chi connectivity index (χ3n) is 3.01. The topological polar surface area (TPSA) is 40.5 Å². The van der Waals surface area contributed by atoms with Crippen LogP contribution in [0.3, 0.4) is 0 Å². The lowest BCUT2D eigenvalue weighted by Gasteiger charge is -2.25. The molecule has 3 nitrogen and oxygen atoms in total. The van der Waals surface area contributed by atoms with Crippen LogP contribution >= 0.6 is 0 Å². The molecule has 0 atom stereocenters. The van der Waals surface area contributed by atoms with Crippen molar-refractivity contribution in [2.75, 3.05) is 6.54 Å². The molecule has 1 aromatic rings. The maximum absolute atomic E-state index is 13.9. The molecule has 1 rings (SSSR count). The molecule has 104 valence electrons. The van der Waals surface area contributed by atoms with Gasteiger partial charge in [-0.05, 0) is 38.1 Å². The van der Waals surface area contributed by atoms with Gasteiger partial charge in [0, 0.05) is 24.2 Å². The number of hydrogen-bond acceptors (Lipinski definition) is 2. The van der Waals surface area contributed by atoms with E-state index in [1.54, 1.807) is 12.1 Å². The second kappa shape index (κ2) is 7.04. The minimum absolute atomic E-state index is 0.299. The minimum atomic E-state index is -1.04. The van der Waals surface area contributed by atoms with Crippen LogP contribution in [-0.4, -0.2) is 28.6 Å². The first-order valence-electron chi connectivity index (χ1n) is 6.37. The van der Waals surface area contributed by atoms with Crippen LogP contribution in [0.4, 0.5) is 4.39 Å². The summed E-state index contributed by atoms with van der Waals surface area (Å²) < 4.78 is 13.9. The van der Waals surface area contributed by atoms with Crippen molar-refractivity contribution in [2.45, 2.75) is 33.4 Å². The third kappa shape index (κ3) is 4.83. The fraction of sp³-hybridized carbons (Fsp3) is 0.400. The summed E-state index contributed by atoms with van der Waals surface area (Å²) in [4.78, 5) is 12.6. The van der Waals surface area contributed by atoms with E-state index in [1.807, 2.05) is 6.92 Å². The predicted octanol–water partition coefficient (Wildman–Crippen LogP) is 3.15. The van der Waals surface area contributed by atoms with Gasteiger partial charge in [-0.25, -0.2) is 9.18 Å². The molecule has 0 aliphatic carbocycles. The molecule has 19 heavy (non-hydrogen) atoms. The molecule has 0 radical (unpaired) electrons. The van der Waals surface area contributed by atoms with Crippen molar-refractivity contribution in [3.63, 3.8) is 0 Å². The molecule has 0 heterocycles. The maximum atomic E-state index is 13.9. The van der Waals surface area contributed by atoms with Crippen molar-refractivity contribution < 1.29 is 14.3 Å². The van der Waals surface area contributed by atoms with Crippen molar-refractivity contribution in [1.82, 2.24) is 4.90 Å². The van der Waals surface area contributed by atoms with Gasteiger partial charge in [0.05, 0.1) is 0 Å². The number of benzene rings is 1. The summed E-state index contributed by atoms with van der Waals surface area (Å²) in [6.07, 6.45) is 2.39. The van der Waals surface area contributed by atoms with Gasteiger partial charge in [0.15, 0.2) is 0 Å². The molecule has 0 bridgehead atoms. The summed E-state index contributed by atoms with van der Waals surface area (Å²) >= 11 is 0. The average Bonchev–Trinajstić information content (AvgIpc) is 2.34. The van der Waals surface area contributed by atoms with Crippen molar-refractivity contribution in [3.8, 4) is 0 Å². The number of carboxylic acid groups (broad SMARTS) is 1. The lowest BCUT2D eigenvalue weighted by atomic mass is 10.1. The summed E-state index contributed by atoms with van der Waals surface area (Å²) in [5.74, 6) is -1.34. The van der Waals surface area contributed by atoms with E-state index in [0.29, 0.717) is 23.7 Å². The molecule has 0 unspecified atom stereocenters. The molecule has 0 spiro atoms. The van der Waals surface area contributed by atoms with Crippen LogP contribution in [0.2, 0.25) is 0 Å². The van der Waals surface area contributed by atoms with Crippen LogP contribution in [0.1, 0.15) is 31.9 Å². The number of carboxylic acids is 1. The minimum Gasteiger partial charge on any atom is -0.478 e. The summed E-state index contributed by atoms with van der Waals surface area (Å²) in [5.41, 5.74) is 1.18. The summed E-state index contributed by atoms with van der Waals surface area (Å²) in [7, 11) is 0. The monoisotopic (exact) mass is 265 g/mol. The number of carbonyl (C=O) groups is 1. The van der Waals surface area contributed by atoms with Crippen molar-refractivity contribution in [3.05, 3.63) is 41.2 Å². The van der Waals surface area contributed by atoms with Crippen molar-refractivity contribution in [2.24, 2.45) is 0 Å². The van der Waals surface area contributed by atoms with Crippen LogP contribution in [0.5, 0.6) is 0 Å². The molecule has 0 aliphatic heterocycles. The van der Waals surface area contributed by atoms with Gasteiger partial charge in [0.2, 0.25) is 0 Å². The lowest BCUT2D eigenvalue weighted by Crippen LogP contribution is -2.30. The van der Waals surface area contributed by atoms with Gasteiger partial charge in [-0.1, -0.05) is 19.1 Å². The Morgan fingerprint density at radius 1 is 1.47 bits per heavy atom. The molecule has 0 aromatic heterocycles. The van der Waals surface area contributed by atoms with Crippen LogP contribution in [-0.2, 0) is 11.3 Å². The number of hydrogen-bond donors (Lipinski definition) is 1. The Morgan fingerprint density at radius 2 is 2.16 bits per heavy atom. The van der Waals surface area contributed by atoms with Crippen molar-refractivity contribution in [1.29, 1.82) is 0 Å². The van der Waals surface area contributed by atoms with Gasteiger partial charge in [0.25, 0.3) is 0 Å². The molecule has 0 fully saturated rings. The molecule has 1 aromatic carbocycles. The van der Waals surface area contributed by atoms with Gasteiger partial charge < -0.3 is 5.11 Å². The molecule has 0 saturated carbocycles. The van der Waals surface area contributed by atoms with E-state index >= 15 is 0 Å². The highest BCUT2D eigenvalue weighted by atomic mass is 19.1. The standard InChI is InChI=1S/C15H20FNO2/c1-4-17(11(2)3)10-13-7-5-12(9-14(13)16)6-8-15(18)19/h5-9,11H,4,10H2,1-3H3,(H,18,19). The quantitative estimate of drug-likeness (QED) is 0.803. The zero-order valence-corrected chi connectivity index (χ0v) is 11.6. The first-order valence-corrected chi connectivity index (χ1v) is 6.37. The Kier molecular flexibility index (Phi) is 5.70. The normalized spacial score (nSPS) is 11.7. The molecular weight excluding hydrogens is 245 g/mol. The van der Waals surface area contributed by atoms with E-state index in [2.05, 4.69) is 18.7 Å². The molecule has 4 heteroatoms. The zero-order chi connectivity index (χ0) is 14.4. The Morgan fingerprint density at radius 3 is 2.63 bits per heavy atom. The van der Waals surface area contributed by atoms with E-state index in [-0.39, 0.29) is 5.82 Å². The van der Waals surface area contributed by atoms with Gasteiger partial charge in [-0.15, -0.1) is 0 Å². The van der Waals surface area contributed by atoms with E-state index < -0.39 is 5.97 Å². The van der Waals surface area contributed by atoms with Gasteiger partial charge in [-0.2, -0.15) is 0 Å². The van der Waals surface area contributed by atoms with Crippen molar-refractivity contribution >= 4 is 12.0 Å². The molecule has 1 N–H and O–H groups in total. The number of aliphatic carboxylic acids is 1. The number of nitrogens with zero attached hydrogens (tertiary/aromatic N) is 1. The highest BCUT2D eigenvalue weighted by Gasteiger charge is 2.10. The third-order valence-corrected chi connectivity index (χ3v) is 3.01.